The third-order valence-electron chi connectivity index (χ3n) is 3.05. The fourth-order valence-electron chi connectivity index (χ4n) is 2.00. The van der Waals surface area contributed by atoms with Crippen LogP contribution in [-0.2, 0) is 0 Å². The summed E-state index contributed by atoms with van der Waals surface area (Å²) in [6, 6.07) is 9.05. The fourth-order valence-corrected chi connectivity index (χ4v) is 2.69. The number of hydrogen-bond donors (Lipinski definition) is 1. The number of H-pyrrole nitrogens is 1. The third-order valence-corrected chi connectivity index (χ3v) is 4.51. The van der Waals surface area contributed by atoms with E-state index < -0.39 is 0 Å². The Morgan fingerprint density at radius 1 is 1.16 bits per heavy atom. The predicted molar refractivity (Wildman–Crippen MR) is 81.6 cm³/mol. The molecule has 0 spiro atoms. The topological polar surface area (TPSA) is 28.7 Å². The molecular formula is C14H9Br2FN2. The van der Waals surface area contributed by atoms with Gasteiger partial charge in [0.15, 0.2) is 0 Å². The lowest BCUT2D eigenvalue weighted by molar-refractivity contribution is 0.623. The molecule has 2 aromatic carbocycles. The van der Waals surface area contributed by atoms with Crippen molar-refractivity contribution in [3.05, 3.63) is 50.7 Å². The highest BCUT2D eigenvalue weighted by Gasteiger charge is 2.11. The molecule has 0 amide bonds. The van der Waals surface area contributed by atoms with Crippen molar-refractivity contribution in [1.29, 1.82) is 0 Å². The van der Waals surface area contributed by atoms with Gasteiger partial charge in [-0.05, 0) is 40.5 Å². The zero-order chi connectivity index (χ0) is 13.6. The largest absolute Gasteiger partial charge is 0.338 e. The van der Waals surface area contributed by atoms with Crippen molar-refractivity contribution in [2.75, 3.05) is 0 Å². The van der Waals surface area contributed by atoms with E-state index in [1.165, 1.54) is 6.07 Å². The molecule has 0 atom stereocenters. The number of aromatic nitrogens is 2. The molecular weight excluding hydrogens is 375 g/mol. The second-order valence-electron chi connectivity index (χ2n) is 4.28. The van der Waals surface area contributed by atoms with E-state index in [0.717, 1.165) is 26.9 Å². The number of halogens is 3. The molecule has 1 heterocycles. The summed E-state index contributed by atoms with van der Waals surface area (Å²) in [6.45, 7) is 2.02. The molecule has 0 unspecified atom stereocenters. The van der Waals surface area contributed by atoms with Crippen LogP contribution in [0.4, 0.5) is 4.39 Å². The lowest BCUT2D eigenvalue weighted by Crippen LogP contribution is -1.86. The van der Waals surface area contributed by atoms with E-state index in [4.69, 9.17) is 0 Å². The summed E-state index contributed by atoms with van der Waals surface area (Å²) >= 11 is 6.67. The van der Waals surface area contributed by atoms with Crippen molar-refractivity contribution in [2.24, 2.45) is 0 Å². The van der Waals surface area contributed by atoms with Crippen LogP contribution < -0.4 is 0 Å². The molecule has 0 radical (unpaired) electrons. The summed E-state index contributed by atoms with van der Waals surface area (Å²) in [5.41, 5.74) is 3.53. The molecule has 96 valence electrons. The van der Waals surface area contributed by atoms with Crippen LogP contribution >= 0.6 is 31.9 Å². The molecule has 0 aliphatic rings. The first kappa shape index (κ1) is 12.8. The molecule has 5 heteroatoms. The molecule has 2 nitrogen and oxygen atoms in total. The summed E-state index contributed by atoms with van der Waals surface area (Å²) in [5, 5.41) is 0. The molecule has 0 saturated carbocycles. The molecule has 0 bridgehead atoms. The Balaban J connectivity index is 2.23. The Bertz CT molecular complexity index is 741. The van der Waals surface area contributed by atoms with Crippen LogP contribution in [0.3, 0.4) is 0 Å². The van der Waals surface area contributed by atoms with Crippen LogP contribution in [0.25, 0.3) is 22.4 Å². The highest BCUT2D eigenvalue weighted by atomic mass is 79.9. The summed E-state index contributed by atoms with van der Waals surface area (Å²) in [4.78, 5) is 7.67. The number of imidazole rings is 1. The lowest BCUT2D eigenvalue weighted by Gasteiger charge is -2.03. The molecule has 0 aliphatic heterocycles. The van der Waals surface area contributed by atoms with Gasteiger partial charge in [0.05, 0.1) is 15.5 Å². The van der Waals surface area contributed by atoms with Gasteiger partial charge >= 0.3 is 0 Å². The molecule has 0 saturated heterocycles. The van der Waals surface area contributed by atoms with E-state index in [9.17, 15) is 4.39 Å². The first-order valence-corrected chi connectivity index (χ1v) is 7.25. The number of nitrogens with zero attached hydrogens (tertiary/aromatic N) is 1. The monoisotopic (exact) mass is 382 g/mol. The van der Waals surface area contributed by atoms with E-state index in [-0.39, 0.29) is 5.82 Å². The quantitative estimate of drug-likeness (QED) is 0.614. The second kappa shape index (κ2) is 4.72. The summed E-state index contributed by atoms with van der Waals surface area (Å²) < 4.78 is 14.9. The second-order valence-corrected chi connectivity index (χ2v) is 5.99. The molecule has 1 aromatic heterocycles. The Hall–Kier alpha value is -1.20. The summed E-state index contributed by atoms with van der Waals surface area (Å²) in [5.74, 6) is 0.444. The Kier molecular flexibility index (Phi) is 3.19. The smallest absolute Gasteiger partial charge is 0.139 e. The van der Waals surface area contributed by atoms with Gasteiger partial charge in [-0.1, -0.05) is 28.1 Å². The van der Waals surface area contributed by atoms with Crippen molar-refractivity contribution in [1.82, 2.24) is 9.97 Å². The summed E-state index contributed by atoms with van der Waals surface area (Å²) in [6.07, 6.45) is 0. The molecule has 1 N–H and O–H groups in total. The number of fused-ring (bicyclic) bond motifs is 1. The first-order chi connectivity index (χ1) is 9.06. The number of hydrogen-bond acceptors (Lipinski definition) is 1. The Morgan fingerprint density at radius 2 is 1.95 bits per heavy atom. The molecule has 0 fully saturated rings. The Morgan fingerprint density at radius 3 is 2.74 bits per heavy atom. The predicted octanol–water partition coefficient (Wildman–Crippen LogP) is 5.20. The minimum atomic E-state index is -0.298. The number of nitrogens with one attached hydrogen (secondary N) is 1. The van der Waals surface area contributed by atoms with Gasteiger partial charge < -0.3 is 4.98 Å². The third kappa shape index (κ3) is 2.21. The van der Waals surface area contributed by atoms with E-state index in [0.29, 0.717) is 9.99 Å². The minimum Gasteiger partial charge on any atom is -0.338 e. The van der Waals surface area contributed by atoms with Gasteiger partial charge in [-0.3, -0.25) is 0 Å². The minimum absolute atomic E-state index is 0.298. The molecule has 3 aromatic rings. The maximum absolute atomic E-state index is 13.5. The number of rotatable bonds is 1. The van der Waals surface area contributed by atoms with E-state index >= 15 is 0 Å². The zero-order valence-corrected chi connectivity index (χ0v) is 13.1. The van der Waals surface area contributed by atoms with Gasteiger partial charge in [0.1, 0.15) is 11.6 Å². The van der Waals surface area contributed by atoms with Crippen molar-refractivity contribution in [3.8, 4) is 11.4 Å². The van der Waals surface area contributed by atoms with Gasteiger partial charge in [0, 0.05) is 16.1 Å². The van der Waals surface area contributed by atoms with Crippen molar-refractivity contribution >= 4 is 42.9 Å². The molecule has 19 heavy (non-hydrogen) atoms. The molecule has 0 aliphatic carbocycles. The first-order valence-electron chi connectivity index (χ1n) is 5.66. The van der Waals surface area contributed by atoms with Crippen molar-refractivity contribution < 1.29 is 4.39 Å². The maximum atomic E-state index is 13.5. The number of benzene rings is 2. The fraction of sp³-hybridized carbons (Fsp3) is 0.0714. The van der Waals surface area contributed by atoms with E-state index in [2.05, 4.69) is 41.8 Å². The highest BCUT2D eigenvalue weighted by molar-refractivity contribution is 9.10. The standard InChI is InChI=1S/C14H9Br2FN2/c1-7-8(3-2-4-9(7)15)14-18-12-5-10(16)11(17)6-13(12)19-14/h2-6H,1H3,(H,18,19). The van der Waals surface area contributed by atoms with E-state index in [1.807, 2.05) is 25.1 Å². The van der Waals surface area contributed by atoms with Crippen LogP contribution in [0, 0.1) is 12.7 Å². The van der Waals surface area contributed by atoms with Crippen LogP contribution in [0.5, 0.6) is 0 Å². The average Bonchev–Trinajstić information content (AvgIpc) is 2.76. The lowest BCUT2D eigenvalue weighted by atomic mass is 10.1. The number of aromatic amines is 1. The molecule has 3 rings (SSSR count). The Labute approximate surface area is 126 Å². The summed E-state index contributed by atoms with van der Waals surface area (Å²) in [7, 11) is 0. The van der Waals surface area contributed by atoms with Gasteiger partial charge in [0.2, 0.25) is 0 Å². The van der Waals surface area contributed by atoms with Crippen LogP contribution in [0.1, 0.15) is 5.56 Å². The van der Waals surface area contributed by atoms with Crippen LogP contribution in [0.15, 0.2) is 39.3 Å². The van der Waals surface area contributed by atoms with Crippen LogP contribution in [-0.4, -0.2) is 9.97 Å². The zero-order valence-electron chi connectivity index (χ0n) is 9.97. The van der Waals surface area contributed by atoms with Gasteiger partial charge in [-0.15, -0.1) is 0 Å². The van der Waals surface area contributed by atoms with E-state index in [1.54, 1.807) is 6.07 Å². The maximum Gasteiger partial charge on any atom is 0.139 e. The van der Waals surface area contributed by atoms with Crippen molar-refractivity contribution in [3.63, 3.8) is 0 Å². The van der Waals surface area contributed by atoms with Crippen molar-refractivity contribution in [2.45, 2.75) is 6.92 Å². The normalized spacial score (nSPS) is 11.2. The van der Waals surface area contributed by atoms with Gasteiger partial charge in [-0.2, -0.15) is 0 Å². The van der Waals surface area contributed by atoms with Gasteiger partial charge in [-0.25, -0.2) is 9.37 Å². The SMILES string of the molecule is Cc1c(Br)cccc1-c1nc2cc(Br)c(F)cc2[nH]1. The van der Waals surface area contributed by atoms with Gasteiger partial charge in [0.25, 0.3) is 0 Å². The average molecular weight is 384 g/mol. The highest BCUT2D eigenvalue weighted by Crippen LogP contribution is 2.29. The van der Waals surface area contributed by atoms with Crippen LogP contribution in [0.2, 0.25) is 0 Å².